The van der Waals surface area contributed by atoms with E-state index in [9.17, 15) is 0 Å². The van der Waals surface area contributed by atoms with E-state index in [0.717, 1.165) is 0 Å². The van der Waals surface area contributed by atoms with Crippen molar-refractivity contribution in [3.8, 4) is 0 Å². The van der Waals surface area contributed by atoms with Gasteiger partial charge in [-0.3, -0.25) is 0 Å². The fourth-order valence-corrected chi connectivity index (χ4v) is 6.74. The predicted molar refractivity (Wildman–Crippen MR) is 51.2 cm³/mol. The van der Waals surface area contributed by atoms with Crippen molar-refractivity contribution in [2.45, 2.75) is 33.4 Å². The predicted octanol–water partition coefficient (Wildman–Crippen LogP) is 4.30. The first-order valence-electron chi connectivity index (χ1n) is 3.80. The molecule has 0 aromatic carbocycles. The third-order valence-electron chi connectivity index (χ3n) is 1.94. The second-order valence-electron chi connectivity index (χ2n) is 5.97. The van der Waals surface area contributed by atoms with E-state index in [1.807, 2.05) is 0 Å². The normalized spacial score (nSPS) is 24.3. The van der Waals surface area contributed by atoms with Crippen LogP contribution in [0.25, 0.3) is 0 Å². The second kappa shape index (κ2) is 1.73. The van der Waals surface area contributed by atoms with Gasteiger partial charge in [0.2, 0.25) is 0 Å². The Balaban J connectivity index is 3.11. The van der Waals surface area contributed by atoms with E-state index >= 15 is 0 Å². The van der Waals surface area contributed by atoms with Gasteiger partial charge in [-0.05, 0) is 0 Å². The molecule has 0 radical (unpaired) electrons. The van der Waals surface area contributed by atoms with Gasteiger partial charge in [0.1, 0.15) is 0 Å². The first-order valence-corrected chi connectivity index (χ1v) is 18.7. The van der Waals surface area contributed by atoms with Gasteiger partial charge in [0.05, 0.1) is 0 Å². The minimum atomic E-state index is -2.71. The first-order chi connectivity index (χ1) is 4.59. The summed E-state index contributed by atoms with van der Waals surface area (Å²) in [6, 6.07) is 0. The molecular formula is C10H20Re. The Morgan fingerprint density at radius 3 is 1.82 bits per heavy atom. The molecule has 0 N–H and O–H groups in total. The maximum absolute atomic E-state index is 2.71. The Labute approximate surface area is 68.9 Å². The molecule has 67 valence electrons. The first kappa shape index (κ1) is 9.23. The topological polar surface area (TPSA) is 0 Å². The van der Waals surface area contributed by atoms with E-state index in [4.69, 9.17) is 0 Å². The summed E-state index contributed by atoms with van der Waals surface area (Å²) in [4.78, 5) is 0. The van der Waals surface area contributed by atoms with E-state index in [-0.39, 0.29) is 0 Å². The quantitative estimate of drug-likeness (QED) is 0.674. The molecule has 0 spiro atoms. The number of allylic oxidation sites excluding steroid dienone is 4. The summed E-state index contributed by atoms with van der Waals surface area (Å²) in [5, 5.41) is 12.5. The third-order valence-corrected chi connectivity index (χ3v) is 11.7. The summed E-state index contributed by atoms with van der Waals surface area (Å²) < 4.78 is 1.71. The van der Waals surface area contributed by atoms with Crippen molar-refractivity contribution in [2.24, 2.45) is 0 Å². The van der Waals surface area contributed by atoms with Gasteiger partial charge in [0.25, 0.3) is 0 Å². The molecule has 0 fully saturated rings. The number of hydrogen-bond acceptors (Lipinski definition) is 0. The van der Waals surface area contributed by atoms with E-state index in [2.05, 4.69) is 45.2 Å². The van der Waals surface area contributed by atoms with Crippen molar-refractivity contribution < 1.29 is 13.1 Å². The van der Waals surface area contributed by atoms with Gasteiger partial charge in [-0.25, -0.2) is 0 Å². The monoisotopic (exact) mass is 327 g/mol. The van der Waals surface area contributed by atoms with Crippen molar-refractivity contribution in [3.05, 3.63) is 22.3 Å². The van der Waals surface area contributed by atoms with Crippen molar-refractivity contribution in [1.82, 2.24) is 0 Å². The van der Waals surface area contributed by atoms with Gasteiger partial charge in [0, 0.05) is 0 Å². The summed E-state index contributed by atoms with van der Waals surface area (Å²) in [6.07, 6.45) is 8.00. The van der Waals surface area contributed by atoms with Gasteiger partial charge in [0.15, 0.2) is 0 Å². The molecule has 0 nitrogen and oxygen atoms in total. The van der Waals surface area contributed by atoms with Gasteiger partial charge in [-0.2, -0.15) is 0 Å². The average molecular weight is 326 g/mol. The van der Waals surface area contributed by atoms with Crippen molar-refractivity contribution >= 4 is 0 Å². The van der Waals surface area contributed by atoms with Crippen LogP contribution in [0.5, 0.6) is 0 Å². The molecular weight excluding hydrogens is 306 g/mol. The van der Waals surface area contributed by atoms with Gasteiger partial charge in [-0.1, -0.05) is 0 Å². The zero-order valence-corrected chi connectivity index (χ0v) is 11.0. The molecule has 1 aliphatic rings. The van der Waals surface area contributed by atoms with Gasteiger partial charge in [-0.15, -0.1) is 0 Å². The van der Waals surface area contributed by atoms with Gasteiger partial charge >= 0.3 is 68.8 Å². The average Bonchev–Trinajstić information content (AvgIpc) is 2.01. The van der Waals surface area contributed by atoms with Crippen molar-refractivity contribution in [1.29, 1.82) is 0 Å². The molecule has 0 heterocycles. The molecule has 1 rings (SSSR count). The summed E-state index contributed by atoms with van der Waals surface area (Å²) in [7, 11) is 0. The molecule has 0 saturated carbocycles. The molecule has 1 aliphatic carbocycles. The van der Waals surface area contributed by atoms with Crippen LogP contribution in [0.1, 0.15) is 6.42 Å². The summed E-state index contributed by atoms with van der Waals surface area (Å²) in [5.41, 5.74) is 0. The molecule has 0 atom stereocenters. The zero-order chi connectivity index (χ0) is 8.81. The Hall–Kier alpha value is 0.142. The molecule has 0 amide bonds. The fraction of sp³-hybridized carbons (Fsp3) is 0.600. The standard InChI is InChI=1S/C5H5.5CH3.Re/c1-2-4-5-3-1;;;;;;/h1-3H,4H2;5*1H3;. The van der Waals surface area contributed by atoms with Crippen LogP contribution in [0.4, 0.5) is 0 Å². The van der Waals surface area contributed by atoms with Crippen LogP contribution in [0.2, 0.25) is 27.0 Å². The van der Waals surface area contributed by atoms with Gasteiger partial charge < -0.3 is 0 Å². The molecule has 0 aromatic rings. The van der Waals surface area contributed by atoms with E-state index < -0.39 is 13.1 Å². The number of rotatable bonds is 1. The zero-order valence-electron chi connectivity index (χ0n) is 8.32. The summed E-state index contributed by atoms with van der Waals surface area (Å²) >= 11 is -2.71. The summed E-state index contributed by atoms with van der Waals surface area (Å²) in [5.74, 6) is 0. The SMILES string of the molecule is [CH3][Re]([CH3])([CH3])([CH3])([CH3])[C]1=CC=CC1. The van der Waals surface area contributed by atoms with Crippen molar-refractivity contribution in [2.75, 3.05) is 0 Å². The maximum atomic E-state index is 2.49. The molecule has 0 unspecified atom stereocenters. The van der Waals surface area contributed by atoms with Crippen LogP contribution in [0.3, 0.4) is 0 Å². The second-order valence-corrected chi connectivity index (χ2v) is 41.7. The fourth-order valence-electron chi connectivity index (χ4n) is 1.12. The van der Waals surface area contributed by atoms with Crippen molar-refractivity contribution in [3.63, 3.8) is 0 Å². The van der Waals surface area contributed by atoms with E-state index in [0.29, 0.717) is 0 Å². The third kappa shape index (κ3) is 2.29. The minimum absolute atomic E-state index is 1.20. The molecule has 0 bridgehead atoms. The molecule has 1 heteroatoms. The van der Waals surface area contributed by atoms with Crippen LogP contribution < -0.4 is 0 Å². The summed E-state index contributed by atoms with van der Waals surface area (Å²) in [6.45, 7) is 0. The molecule has 0 aromatic heterocycles. The van der Waals surface area contributed by atoms with Crippen LogP contribution in [0.15, 0.2) is 22.3 Å². The molecule has 11 heavy (non-hydrogen) atoms. The Bertz CT molecular complexity index is 232. The van der Waals surface area contributed by atoms with E-state index in [1.165, 1.54) is 6.42 Å². The van der Waals surface area contributed by atoms with Crippen LogP contribution in [-0.4, -0.2) is 0 Å². The van der Waals surface area contributed by atoms with E-state index in [1.54, 1.807) is 4.05 Å². The van der Waals surface area contributed by atoms with Crippen LogP contribution in [0, 0.1) is 0 Å². The Morgan fingerprint density at radius 1 is 1.09 bits per heavy atom. The van der Waals surface area contributed by atoms with Crippen LogP contribution >= 0.6 is 0 Å². The Kier molecular flexibility index (Phi) is 1.45. The Morgan fingerprint density at radius 2 is 1.64 bits per heavy atom. The van der Waals surface area contributed by atoms with Crippen LogP contribution in [-0.2, 0) is 13.1 Å². The number of hydrogen-bond donors (Lipinski definition) is 0. The molecule has 0 saturated heterocycles. The molecule has 0 aliphatic heterocycles.